The predicted molar refractivity (Wildman–Crippen MR) is 80.0 cm³/mol. The fourth-order valence-corrected chi connectivity index (χ4v) is 2.02. The number of benzene rings is 1. The molecule has 0 amide bonds. The van der Waals surface area contributed by atoms with E-state index >= 15 is 0 Å². The fourth-order valence-electron chi connectivity index (χ4n) is 1.86. The molecule has 0 aliphatic carbocycles. The van der Waals surface area contributed by atoms with Crippen LogP contribution in [0.2, 0.25) is 0 Å². The van der Waals surface area contributed by atoms with Crippen molar-refractivity contribution in [3.8, 4) is 11.5 Å². The highest BCUT2D eigenvalue weighted by Gasteiger charge is 2.15. The Labute approximate surface area is 120 Å². The van der Waals surface area contributed by atoms with Crippen LogP contribution >= 0.6 is 12.6 Å². The van der Waals surface area contributed by atoms with Gasteiger partial charge >= 0.3 is 5.97 Å². The number of aryl methyl sites for hydroxylation is 1. The minimum absolute atomic E-state index is 0.0975. The van der Waals surface area contributed by atoms with Gasteiger partial charge in [-0.1, -0.05) is 20.3 Å². The van der Waals surface area contributed by atoms with Crippen LogP contribution in [0.5, 0.6) is 11.5 Å². The molecule has 0 saturated heterocycles. The summed E-state index contributed by atoms with van der Waals surface area (Å²) < 4.78 is 5.34. The lowest BCUT2D eigenvalue weighted by atomic mass is 10.1. The maximum atomic E-state index is 11.8. The van der Waals surface area contributed by atoms with Gasteiger partial charge in [0, 0.05) is 0 Å². The standard InChI is InChI=1S/C15H22O3S/c1-3-5-11(2)15(17)18-13-7-8-14(16)12(10-13)6-4-9-19/h7-8,10-11,16,19H,3-6,9H2,1-2H3. The summed E-state index contributed by atoms with van der Waals surface area (Å²) >= 11 is 4.15. The molecule has 0 aliphatic heterocycles. The quantitative estimate of drug-likeness (QED) is 0.456. The van der Waals surface area contributed by atoms with Crippen LogP contribution in [0.25, 0.3) is 0 Å². The van der Waals surface area contributed by atoms with Crippen molar-refractivity contribution in [3.05, 3.63) is 23.8 Å². The number of carbonyl (C=O) groups is 1. The first-order valence-corrected chi connectivity index (χ1v) is 7.36. The van der Waals surface area contributed by atoms with Gasteiger partial charge < -0.3 is 9.84 Å². The van der Waals surface area contributed by atoms with Crippen LogP contribution in [0.1, 0.15) is 38.7 Å². The second-order valence-corrected chi connectivity index (χ2v) is 5.18. The summed E-state index contributed by atoms with van der Waals surface area (Å²) in [5.74, 6) is 1.19. The zero-order valence-electron chi connectivity index (χ0n) is 11.6. The van der Waals surface area contributed by atoms with Crippen molar-refractivity contribution in [1.82, 2.24) is 0 Å². The van der Waals surface area contributed by atoms with Crippen LogP contribution in [0.4, 0.5) is 0 Å². The minimum Gasteiger partial charge on any atom is -0.508 e. The van der Waals surface area contributed by atoms with E-state index in [2.05, 4.69) is 12.6 Å². The molecule has 0 spiro atoms. The lowest BCUT2D eigenvalue weighted by Gasteiger charge is -2.11. The first kappa shape index (κ1) is 15.9. The Balaban J connectivity index is 2.70. The van der Waals surface area contributed by atoms with Gasteiger partial charge in [0.1, 0.15) is 11.5 Å². The topological polar surface area (TPSA) is 46.5 Å². The Hall–Kier alpha value is -1.16. The van der Waals surface area contributed by atoms with E-state index in [0.717, 1.165) is 37.0 Å². The molecule has 106 valence electrons. The van der Waals surface area contributed by atoms with Gasteiger partial charge in [0.25, 0.3) is 0 Å². The number of hydrogen-bond donors (Lipinski definition) is 2. The highest BCUT2D eigenvalue weighted by molar-refractivity contribution is 7.80. The molecule has 1 aromatic carbocycles. The molecule has 0 bridgehead atoms. The van der Waals surface area contributed by atoms with Gasteiger partial charge in [0.2, 0.25) is 0 Å². The highest BCUT2D eigenvalue weighted by Crippen LogP contribution is 2.25. The van der Waals surface area contributed by atoms with Gasteiger partial charge in [-0.25, -0.2) is 0 Å². The number of ether oxygens (including phenoxy) is 1. The number of thiol groups is 1. The van der Waals surface area contributed by atoms with Crippen molar-refractivity contribution in [2.45, 2.75) is 39.5 Å². The zero-order valence-corrected chi connectivity index (χ0v) is 12.5. The van der Waals surface area contributed by atoms with E-state index in [0.29, 0.717) is 5.75 Å². The number of phenolic OH excluding ortho intramolecular Hbond substituents is 1. The molecule has 0 radical (unpaired) electrons. The van der Waals surface area contributed by atoms with Gasteiger partial charge in [-0.2, -0.15) is 12.6 Å². The van der Waals surface area contributed by atoms with Gasteiger partial charge in [-0.05, 0) is 48.8 Å². The van der Waals surface area contributed by atoms with E-state index in [1.54, 1.807) is 18.2 Å². The van der Waals surface area contributed by atoms with Crippen molar-refractivity contribution < 1.29 is 14.6 Å². The first-order chi connectivity index (χ1) is 9.08. The summed E-state index contributed by atoms with van der Waals surface area (Å²) in [5.41, 5.74) is 0.794. The summed E-state index contributed by atoms with van der Waals surface area (Å²) in [4.78, 5) is 11.8. The Morgan fingerprint density at radius 3 is 2.84 bits per heavy atom. The van der Waals surface area contributed by atoms with Gasteiger partial charge in [-0.3, -0.25) is 4.79 Å². The third-order valence-electron chi connectivity index (χ3n) is 3.00. The molecule has 0 saturated carbocycles. The third-order valence-corrected chi connectivity index (χ3v) is 3.31. The number of rotatable bonds is 7. The van der Waals surface area contributed by atoms with Gasteiger partial charge in [-0.15, -0.1) is 0 Å². The van der Waals surface area contributed by atoms with E-state index in [1.165, 1.54) is 0 Å². The summed E-state index contributed by atoms with van der Waals surface area (Å²) in [6.45, 7) is 3.91. The Morgan fingerprint density at radius 1 is 1.47 bits per heavy atom. The van der Waals surface area contributed by atoms with E-state index in [1.807, 2.05) is 13.8 Å². The van der Waals surface area contributed by atoms with Crippen molar-refractivity contribution >= 4 is 18.6 Å². The number of esters is 1. The van der Waals surface area contributed by atoms with E-state index in [-0.39, 0.29) is 17.6 Å². The van der Waals surface area contributed by atoms with Gasteiger partial charge in [0.15, 0.2) is 0 Å². The van der Waals surface area contributed by atoms with Crippen LogP contribution in [0, 0.1) is 5.92 Å². The summed E-state index contributed by atoms with van der Waals surface area (Å²) in [5, 5.41) is 9.72. The molecular weight excluding hydrogens is 260 g/mol. The highest BCUT2D eigenvalue weighted by atomic mass is 32.1. The Kier molecular flexibility index (Phi) is 6.78. The second-order valence-electron chi connectivity index (χ2n) is 4.73. The normalized spacial score (nSPS) is 12.2. The monoisotopic (exact) mass is 282 g/mol. The largest absolute Gasteiger partial charge is 0.508 e. The average molecular weight is 282 g/mol. The van der Waals surface area contributed by atoms with Crippen molar-refractivity contribution in [1.29, 1.82) is 0 Å². The molecule has 3 nitrogen and oxygen atoms in total. The number of aromatic hydroxyl groups is 1. The lowest BCUT2D eigenvalue weighted by molar-refractivity contribution is -0.138. The average Bonchev–Trinajstić information content (AvgIpc) is 2.39. The van der Waals surface area contributed by atoms with Crippen LogP contribution < -0.4 is 4.74 Å². The molecule has 0 heterocycles. The Morgan fingerprint density at radius 2 is 2.21 bits per heavy atom. The lowest BCUT2D eigenvalue weighted by Crippen LogP contribution is -2.17. The predicted octanol–water partition coefficient (Wildman–Crippen LogP) is 3.60. The van der Waals surface area contributed by atoms with E-state index < -0.39 is 0 Å². The first-order valence-electron chi connectivity index (χ1n) is 6.73. The van der Waals surface area contributed by atoms with Crippen LogP contribution in [-0.4, -0.2) is 16.8 Å². The number of hydrogen-bond acceptors (Lipinski definition) is 4. The molecule has 0 aromatic heterocycles. The number of carbonyl (C=O) groups excluding carboxylic acids is 1. The molecule has 4 heteroatoms. The van der Waals surface area contributed by atoms with Crippen LogP contribution in [0.15, 0.2) is 18.2 Å². The molecule has 1 atom stereocenters. The molecule has 0 aliphatic rings. The molecule has 1 rings (SSSR count). The molecule has 19 heavy (non-hydrogen) atoms. The van der Waals surface area contributed by atoms with Gasteiger partial charge in [0.05, 0.1) is 5.92 Å². The molecule has 1 aromatic rings. The maximum Gasteiger partial charge on any atom is 0.314 e. The van der Waals surface area contributed by atoms with Crippen molar-refractivity contribution in [3.63, 3.8) is 0 Å². The van der Waals surface area contributed by atoms with E-state index in [4.69, 9.17) is 4.74 Å². The second kappa shape index (κ2) is 8.10. The maximum absolute atomic E-state index is 11.8. The van der Waals surface area contributed by atoms with Crippen molar-refractivity contribution in [2.24, 2.45) is 5.92 Å². The molecular formula is C15H22O3S. The smallest absolute Gasteiger partial charge is 0.314 e. The van der Waals surface area contributed by atoms with Crippen molar-refractivity contribution in [2.75, 3.05) is 5.75 Å². The summed E-state index contributed by atoms with van der Waals surface area (Å²) in [6, 6.07) is 4.92. The summed E-state index contributed by atoms with van der Waals surface area (Å²) in [7, 11) is 0. The summed E-state index contributed by atoms with van der Waals surface area (Å²) in [6.07, 6.45) is 3.38. The van der Waals surface area contributed by atoms with Crippen LogP contribution in [-0.2, 0) is 11.2 Å². The third kappa shape index (κ3) is 5.15. The SMILES string of the molecule is CCCC(C)C(=O)Oc1ccc(O)c(CCCS)c1. The minimum atomic E-state index is -0.215. The Bertz CT molecular complexity index is 418. The molecule has 1 N–H and O–H groups in total. The number of phenols is 1. The molecule has 0 fully saturated rings. The van der Waals surface area contributed by atoms with E-state index in [9.17, 15) is 9.90 Å². The molecule has 1 unspecified atom stereocenters. The van der Waals surface area contributed by atoms with Crippen LogP contribution in [0.3, 0.4) is 0 Å². The fraction of sp³-hybridized carbons (Fsp3) is 0.533. The zero-order chi connectivity index (χ0) is 14.3.